The van der Waals surface area contributed by atoms with Crippen LogP contribution in [0.15, 0.2) is 24.3 Å². The number of methoxy groups -OCH3 is 1. The Kier molecular flexibility index (Phi) is 6.51. The van der Waals surface area contributed by atoms with Crippen molar-refractivity contribution in [3.05, 3.63) is 35.4 Å². The van der Waals surface area contributed by atoms with Crippen molar-refractivity contribution in [1.29, 1.82) is 0 Å². The summed E-state index contributed by atoms with van der Waals surface area (Å²) in [5, 5.41) is 3.51. The molecule has 3 nitrogen and oxygen atoms in total. The summed E-state index contributed by atoms with van der Waals surface area (Å²) < 4.78 is 5.31. The molecular formula is C17H28N2O. The fourth-order valence-corrected chi connectivity index (χ4v) is 3.00. The normalized spacial score (nSPS) is 19.4. The van der Waals surface area contributed by atoms with Crippen molar-refractivity contribution >= 4 is 0 Å². The number of benzene rings is 1. The van der Waals surface area contributed by atoms with Crippen LogP contribution in [0.2, 0.25) is 0 Å². The van der Waals surface area contributed by atoms with Crippen LogP contribution in [0.1, 0.15) is 30.9 Å². The van der Waals surface area contributed by atoms with E-state index in [9.17, 15) is 0 Å². The van der Waals surface area contributed by atoms with Crippen molar-refractivity contribution in [2.75, 3.05) is 33.3 Å². The van der Waals surface area contributed by atoms with Gasteiger partial charge < -0.3 is 10.1 Å². The van der Waals surface area contributed by atoms with Gasteiger partial charge in [-0.2, -0.15) is 0 Å². The highest BCUT2D eigenvalue weighted by molar-refractivity contribution is 5.26. The van der Waals surface area contributed by atoms with E-state index in [0.29, 0.717) is 6.61 Å². The molecule has 1 saturated heterocycles. The molecule has 0 spiro atoms. The van der Waals surface area contributed by atoms with Crippen molar-refractivity contribution < 1.29 is 4.74 Å². The number of nitrogens with zero attached hydrogens (tertiary/aromatic N) is 1. The number of nitrogens with one attached hydrogen (secondary N) is 1. The molecule has 2 rings (SSSR count). The lowest BCUT2D eigenvalue weighted by Crippen LogP contribution is -2.38. The first kappa shape index (κ1) is 15.5. The van der Waals surface area contributed by atoms with Gasteiger partial charge in [-0.15, -0.1) is 0 Å². The Labute approximate surface area is 123 Å². The molecule has 0 aliphatic carbocycles. The third-order valence-corrected chi connectivity index (χ3v) is 4.17. The van der Waals surface area contributed by atoms with Crippen molar-refractivity contribution in [3.8, 4) is 0 Å². The van der Waals surface area contributed by atoms with E-state index in [1.54, 1.807) is 7.11 Å². The molecule has 1 fully saturated rings. The lowest BCUT2D eigenvalue weighted by atomic mass is 9.98. The molecule has 0 saturated carbocycles. The van der Waals surface area contributed by atoms with Crippen LogP contribution in [0, 0.1) is 5.92 Å². The van der Waals surface area contributed by atoms with Crippen LogP contribution < -0.4 is 5.32 Å². The van der Waals surface area contributed by atoms with Gasteiger partial charge in [0.25, 0.3) is 0 Å². The SMILES string of the molecule is CCN(Cc1ccccc1COC)CC1CCCNC1. The first-order valence-corrected chi connectivity index (χ1v) is 7.82. The fraction of sp³-hybridized carbons (Fsp3) is 0.647. The Hall–Kier alpha value is -0.900. The van der Waals surface area contributed by atoms with Gasteiger partial charge in [-0.05, 0) is 49.5 Å². The summed E-state index contributed by atoms with van der Waals surface area (Å²) in [5.74, 6) is 0.804. The highest BCUT2D eigenvalue weighted by atomic mass is 16.5. The van der Waals surface area contributed by atoms with E-state index in [-0.39, 0.29) is 0 Å². The minimum atomic E-state index is 0.707. The molecule has 1 N–H and O–H groups in total. The molecule has 1 aromatic rings. The Morgan fingerprint density at radius 3 is 2.75 bits per heavy atom. The quantitative estimate of drug-likeness (QED) is 0.828. The van der Waals surface area contributed by atoms with E-state index in [0.717, 1.165) is 19.0 Å². The molecule has 20 heavy (non-hydrogen) atoms. The van der Waals surface area contributed by atoms with Gasteiger partial charge in [-0.3, -0.25) is 4.90 Å². The van der Waals surface area contributed by atoms with Crippen LogP contribution in [0.25, 0.3) is 0 Å². The van der Waals surface area contributed by atoms with Crippen molar-refractivity contribution in [1.82, 2.24) is 10.2 Å². The average molecular weight is 276 g/mol. The third kappa shape index (κ3) is 4.58. The summed E-state index contributed by atoms with van der Waals surface area (Å²) in [7, 11) is 1.77. The molecule has 0 radical (unpaired) electrons. The minimum Gasteiger partial charge on any atom is -0.380 e. The number of hydrogen-bond donors (Lipinski definition) is 1. The molecule has 1 unspecified atom stereocenters. The van der Waals surface area contributed by atoms with Gasteiger partial charge in [0.2, 0.25) is 0 Å². The van der Waals surface area contributed by atoms with Crippen molar-refractivity contribution in [2.45, 2.75) is 32.9 Å². The van der Waals surface area contributed by atoms with E-state index >= 15 is 0 Å². The van der Waals surface area contributed by atoms with Crippen LogP contribution in [0.4, 0.5) is 0 Å². The summed E-state index contributed by atoms with van der Waals surface area (Å²) in [5.41, 5.74) is 2.72. The maximum Gasteiger partial charge on any atom is 0.0716 e. The molecule has 0 bridgehead atoms. The Morgan fingerprint density at radius 1 is 1.30 bits per heavy atom. The molecular weight excluding hydrogens is 248 g/mol. The predicted molar refractivity (Wildman–Crippen MR) is 83.7 cm³/mol. The van der Waals surface area contributed by atoms with Crippen LogP contribution in [0.3, 0.4) is 0 Å². The summed E-state index contributed by atoms with van der Waals surface area (Å²) in [6, 6.07) is 8.63. The van der Waals surface area contributed by atoms with Crippen LogP contribution in [0.5, 0.6) is 0 Å². The van der Waals surface area contributed by atoms with Gasteiger partial charge in [-0.25, -0.2) is 0 Å². The van der Waals surface area contributed by atoms with Gasteiger partial charge in [0, 0.05) is 20.2 Å². The predicted octanol–water partition coefficient (Wildman–Crippen LogP) is 2.65. The average Bonchev–Trinajstić information content (AvgIpc) is 2.50. The molecule has 3 heteroatoms. The van der Waals surface area contributed by atoms with Gasteiger partial charge in [-0.1, -0.05) is 31.2 Å². The van der Waals surface area contributed by atoms with E-state index in [1.807, 2.05) is 0 Å². The molecule has 1 aliphatic rings. The molecule has 112 valence electrons. The first-order valence-electron chi connectivity index (χ1n) is 7.82. The Balaban J connectivity index is 1.94. The summed E-state index contributed by atoms with van der Waals surface area (Å²) in [6.45, 7) is 8.68. The molecule has 1 aromatic carbocycles. The zero-order chi connectivity index (χ0) is 14.2. The lowest BCUT2D eigenvalue weighted by molar-refractivity contribution is 0.179. The van der Waals surface area contributed by atoms with E-state index in [2.05, 4.69) is 41.4 Å². The van der Waals surface area contributed by atoms with E-state index < -0.39 is 0 Å². The molecule has 1 aliphatic heterocycles. The first-order chi connectivity index (χ1) is 9.83. The number of rotatable bonds is 7. The molecule has 0 aromatic heterocycles. The van der Waals surface area contributed by atoms with E-state index in [1.165, 1.54) is 43.6 Å². The summed E-state index contributed by atoms with van der Waals surface area (Å²) in [6.07, 6.45) is 2.69. The number of hydrogen-bond acceptors (Lipinski definition) is 3. The van der Waals surface area contributed by atoms with Crippen molar-refractivity contribution in [2.24, 2.45) is 5.92 Å². The summed E-state index contributed by atoms with van der Waals surface area (Å²) >= 11 is 0. The third-order valence-electron chi connectivity index (χ3n) is 4.17. The van der Waals surface area contributed by atoms with E-state index in [4.69, 9.17) is 4.74 Å². The topological polar surface area (TPSA) is 24.5 Å². The van der Waals surface area contributed by atoms with Crippen LogP contribution in [-0.2, 0) is 17.9 Å². The monoisotopic (exact) mass is 276 g/mol. The second-order valence-corrected chi connectivity index (χ2v) is 5.74. The largest absolute Gasteiger partial charge is 0.380 e. The minimum absolute atomic E-state index is 0.707. The maximum atomic E-state index is 5.31. The van der Waals surface area contributed by atoms with Crippen LogP contribution >= 0.6 is 0 Å². The van der Waals surface area contributed by atoms with Gasteiger partial charge in [0.15, 0.2) is 0 Å². The molecule has 1 atom stereocenters. The molecule has 0 amide bonds. The number of ether oxygens (including phenoxy) is 1. The molecule has 1 heterocycles. The maximum absolute atomic E-state index is 5.31. The lowest BCUT2D eigenvalue weighted by Gasteiger charge is -2.30. The van der Waals surface area contributed by atoms with Gasteiger partial charge in [0.1, 0.15) is 0 Å². The summed E-state index contributed by atoms with van der Waals surface area (Å²) in [4.78, 5) is 2.56. The fourth-order valence-electron chi connectivity index (χ4n) is 3.00. The zero-order valence-corrected chi connectivity index (χ0v) is 12.9. The van der Waals surface area contributed by atoms with Gasteiger partial charge >= 0.3 is 0 Å². The highest BCUT2D eigenvalue weighted by Crippen LogP contribution is 2.16. The van der Waals surface area contributed by atoms with Crippen molar-refractivity contribution in [3.63, 3.8) is 0 Å². The van der Waals surface area contributed by atoms with Crippen LogP contribution in [-0.4, -0.2) is 38.2 Å². The smallest absolute Gasteiger partial charge is 0.0716 e. The Morgan fingerprint density at radius 2 is 2.10 bits per heavy atom. The Bertz CT molecular complexity index is 388. The van der Waals surface area contributed by atoms with Gasteiger partial charge in [0.05, 0.1) is 6.61 Å². The second-order valence-electron chi connectivity index (χ2n) is 5.74. The highest BCUT2D eigenvalue weighted by Gasteiger charge is 2.16. The zero-order valence-electron chi connectivity index (χ0n) is 12.9. The number of piperidine rings is 1. The second kappa shape index (κ2) is 8.40. The standard InChI is InChI=1S/C17H28N2O/c1-3-19(12-15-7-6-10-18-11-15)13-16-8-4-5-9-17(16)14-20-2/h4-5,8-9,15,18H,3,6-7,10-14H2,1-2H3.